The van der Waals surface area contributed by atoms with Gasteiger partial charge >= 0.3 is 0 Å². The van der Waals surface area contributed by atoms with Gasteiger partial charge in [-0.05, 0) is 67.7 Å². The van der Waals surface area contributed by atoms with Gasteiger partial charge < -0.3 is 0 Å². The average molecular weight is 385 g/mol. The standard InChI is InChI=1S/C19H28N2O2S.ClH/c1-13-9-15-6-8-20-12-16-5-4-7-21(24(3,22)23)18(16)11-19(20)17(15)10-14(13)2;/h9-10,16,18-19H,4-8,11-12H2,1-3H3;1H/t16-,18+,19+;/m1./s1. The first-order chi connectivity index (χ1) is 11.3. The molecule has 1 aromatic rings. The molecule has 0 aromatic heterocycles. The number of aryl methyl sites for hydroxylation is 2. The third-order valence-corrected chi connectivity index (χ3v) is 7.76. The molecule has 0 radical (unpaired) electrons. The Balaban J connectivity index is 0.00000182. The first-order valence-electron chi connectivity index (χ1n) is 9.15. The van der Waals surface area contributed by atoms with Crippen molar-refractivity contribution in [3.05, 3.63) is 34.4 Å². The Morgan fingerprint density at radius 3 is 2.56 bits per heavy atom. The van der Waals surface area contributed by atoms with Gasteiger partial charge in [0, 0.05) is 31.7 Å². The Morgan fingerprint density at radius 1 is 1.12 bits per heavy atom. The highest BCUT2D eigenvalue weighted by Crippen LogP contribution is 2.43. The molecule has 0 aliphatic carbocycles. The molecule has 3 heterocycles. The van der Waals surface area contributed by atoms with Crippen molar-refractivity contribution in [2.24, 2.45) is 5.92 Å². The third kappa shape index (κ3) is 3.36. The number of fused-ring (bicyclic) bond motifs is 4. The summed E-state index contributed by atoms with van der Waals surface area (Å²) >= 11 is 0. The summed E-state index contributed by atoms with van der Waals surface area (Å²) in [6, 6.07) is 5.28. The maximum absolute atomic E-state index is 12.3. The van der Waals surface area contributed by atoms with Gasteiger partial charge in [-0.3, -0.25) is 4.90 Å². The molecule has 25 heavy (non-hydrogen) atoms. The molecule has 0 spiro atoms. The quantitative estimate of drug-likeness (QED) is 0.747. The zero-order chi connectivity index (χ0) is 17.1. The van der Waals surface area contributed by atoms with E-state index in [0.717, 1.165) is 32.4 Å². The fourth-order valence-electron chi connectivity index (χ4n) is 5.10. The van der Waals surface area contributed by atoms with Crippen molar-refractivity contribution >= 4 is 22.4 Å². The summed E-state index contributed by atoms with van der Waals surface area (Å²) in [5, 5.41) is 0. The van der Waals surface area contributed by atoms with Crippen LogP contribution in [0, 0.1) is 19.8 Å². The zero-order valence-corrected chi connectivity index (χ0v) is 17.0. The maximum Gasteiger partial charge on any atom is 0.211 e. The molecule has 2 saturated heterocycles. The van der Waals surface area contributed by atoms with E-state index in [9.17, 15) is 8.42 Å². The van der Waals surface area contributed by atoms with Gasteiger partial charge in [-0.15, -0.1) is 12.4 Å². The van der Waals surface area contributed by atoms with Gasteiger partial charge in [-0.1, -0.05) is 12.1 Å². The van der Waals surface area contributed by atoms with Crippen LogP contribution in [0.15, 0.2) is 12.1 Å². The number of nitrogens with zero attached hydrogens (tertiary/aromatic N) is 2. The van der Waals surface area contributed by atoms with Crippen molar-refractivity contribution < 1.29 is 8.42 Å². The van der Waals surface area contributed by atoms with Gasteiger partial charge in [0.25, 0.3) is 0 Å². The Bertz CT molecular complexity index is 765. The van der Waals surface area contributed by atoms with Crippen LogP contribution in [0.5, 0.6) is 0 Å². The molecular formula is C19H29ClN2O2S. The molecule has 6 heteroatoms. The molecule has 0 unspecified atom stereocenters. The van der Waals surface area contributed by atoms with Crippen LogP contribution in [0.1, 0.15) is 47.6 Å². The lowest BCUT2D eigenvalue weighted by Gasteiger charge is -2.51. The molecule has 3 atom stereocenters. The SMILES string of the molecule is Cc1cc2c(cc1C)[C@@H]1C[C@H]3[C@H](CCCN3S(C)(=O)=O)CN1CC2.Cl. The average Bonchev–Trinajstić information content (AvgIpc) is 2.53. The summed E-state index contributed by atoms with van der Waals surface area (Å²) in [6.07, 6.45) is 5.62. The maximum atomic E-state index is 12.3. The van der Waals surface area contributed by atoms with Crippen LogP contribution in [0.4, 0.5) is 0 Å². The van der Waals surface area contributed by atoms with Crippen LogP contribution < -0.4 is 0 Å². The minimum Gasteiger partial charge on any atom is -0.296 e. The fourth-order valence-corrected chi connectivity index (χ4v) is 6.31. The molecule has 3 aliphatic rings. The number of hydrogen-bond acceptors (Lipinski definition) is 3. The lowest BCUT2D eigenvalue weighted by atomic mass is 9.77. The van der Waals surface area contributed by atoms with Crippen LogP contribution >= 0.6 is 12.4 Å². The van der Waals surface area contributed by atoms with Gasteiger partial charge in [-0.2, -0.15) is 4.31 Å². The molecule has 4 nitrogen and oxygen atoms in total. The van der Waals surface area contributed by atoms with Crippen LogP contribution in [-0.4, -0.2) is 49.6 Å². The summed E-state index contributed by atoms with van der Waals surface area (Å²) in [4.78, 5) is 2.62. The molecule has 3 aliphatic heterocycles. The Kier molecular flexibility index (Phi) is 5.24. The number of sulfonamides is 1. The zero-order valence-electron chi connectivity index (χ0n) is 15.4. The molecule has 0 N–H and O–H groups in total. The van der Waals surface area contributed by atoms with Crippen LogP contribution in [0.3, 0.4) is 0 Å². The largest absolute Gasteiger partial charge is 0.296 e. The summed E-state index contributed by atoms with van der Waals surface area (Å²) < 4.78 is 26.3. The van der Waals surface area contributed by atoms with E-state index in [2.05, 4.69) is 30.9 Å². The highest BCUT2D eigenvalue weighted by molar-refractivity contribution is 7.88. The van der Waals surface area contributed by atoms with Crippen molar-refractivity contribution in [2.45, 2.75) is 51.6 Å². The van der Waals surface area contributed by atoms with Crippen molar-refractivity contribution in [3.8, 4) is 0 Å². The molecule has 4 rings (SSSR count). The van der Waals surface area contributed by atoms with Crippen LogP contribution in [-0.2, 0) is 16.4 Å². The molecule has 2 fully saturated rings. The minimum atomic E-state index is -3.11. The van der Waals surface area contributed by atoms with Gasteiger partial charge in [-0.25, -0.2) is 8.42 Å². The number of hydrogen-bond donors (Lipinski definition) is 0. The predicted molar refractivity (Wildman–Crippen MR) is 104 cm³/mol. The van der Waals surface area contributed by atoms with E-state index in [4.69, 9.17) is 0 Å². The Hall–Kier alpha value is -0.620. The monoisotopic (exact) mass is 384 g/mol. The molecule has 140 valence electrons. The summed E-state index contributed by atoms with van der Waals surface area (Å²) in [5.74, 6) is 0.498. The second kappa shape index (κ2) is 6.84. The number of benzene rings is 1. The van der Waals surface area contributed by atoms with E-state index in [-0.39, 0.29) is 18.4 Å². The van der Waals surface area contributed by atoms with E-state index in [1.807, 2.05) is 0 Å². The van der Waals surface area contributed by atoms with Gasteiger partial charge in [0.05, 0.1) is 6.26 Å². The first kappa shape index (κ1) is 19.2. The number of halogens is 1. The smallest absolute Gasteiger partial charge is 0.211 e. The molecule has 0 amide bonds. The Labute approximate surface area is 158 Å². The first-order valence-corrected chi connectivity index (χ1v) is 11.0. The summed E-state index contributed by atoms with van der Waals surface area (Å²) in [7, 11) is -3.11. The summed E-state index contributed by atoms with van der Waals surface area (Å²) in [6.45, 7) is 7.23. The van der Waals surface area contributed by atoms with E-state index in [0.29, 0.717) is 18.5 Å². The van der Waals surface area contributed by atoms with E-state index in [1.54, 1.807) is 4.31 Å². The lowest BCUT2D eigenvalue weighted by Crippen LogP contribution is -2.57. The van der Waals surface area contributed by atoms with Gasteiger partial charge in [0.15, 0.2) is 0 Å². The molecule has 1 aromatic carbocycles. The van der Waals surface area contributed by atoms with Crippen molar-refractivity contribution in [2.75, 3.05) is 25.9 Å². The third-order valence-electron chi connectivity index (χ3n) is 6.45. The summed E-state index contributed by atoms with van der Waals surface area (Å²) in [5.41, 5.74) is 5.63. The molecule has 0 saturated carbocycles. The second-order valence-electron chi connectivity index (χ2n) is 7.98. The van der Waals surface area contributed by atoms with E-state index in [1.165, 1.54) is 34.9 Å². The van der Waals surface area contributed by atoms with Gasteiger partial charge in [0.1, 0.15) is 0 Å². The normalized spacial score (nSPS) is 30.0. The highest BCUT2D eigenvalue weighted by Gasteiger charge is 2.44. The number of rotatable bonds is 1. The fraction of sp³-hybridized carbons (Fsp3) is 0.684. The Morgan fingerprint density at radius 2 is 1.84 bits per heavy atom. The van der Waals surface area contributed by atoms with Gasteiger partial charge in [0.2, 0.25) is 10.0 Å². The van der Waals surface area contributed by atoms with Crippen molar-refractivity contribution in [1.82, 2.24) is 9.21 Å². The van der Waals surface area contributed by atoms with E-state index < -0.39 is 10.0 Å². The molecule has 0 bridgehead atoms. The number of piperidine rings is 2. The van der Waals surface area contributed by atoms with Crippen molar-refractivity contribution in [1.29, 1.82) is 0 Å². The second-order valence-corrected chi connectivity index (χ2v) is 9.91. The van der Waals surface area contributed by atoms with Crippen molar-refractivity contribution in [3.63, 3.8) is 0 Å². The highest BCUT2D eigenvalue weighted by atomic mass is 35.5. The lowest BCUT2D eigenvalue weighted by molar-refractivity contribution is 0.0222. The van der Waals surface area contributed by atoms with Crippen LogP contribution in [0.25, 0.3) is 0 Å². The molecular weight excluding hydrogens is 356 g/mol. The predicted octanol–water partition coefficient (Wildman–Crippen LogP) is 3.07. The minimum absolute atomic E-state index is 0. The van der Waals surface area contributed by atoms with Crippen LogP contribution in [0.2, 0.25) is 0 Å². The van der Waals surface area contributed by atoms with E-state index >= 15 is 0 Å². The topological polar surface area (TPSA) is 40.6 Å².